The monoisotopic (exact) mass is 363 g/mol. The molecule has 1 aromatic rings. The van der Waals surface area contributed by atoms with Gasteiger partial charge in [0.1, 0.15) is 0 Å². The SMILES string of the molecule is CN(CCC(=O)NC(N)=O)CC(=O)Nc1ccc(N2CCOCC2)cc1. The van der Waals surface area contributed by atoms with Crippen molar-refractivity contribution in [3.05, 3.63) is 24.3 Å². The number of nitrogens with two attached hydrogens (primary N) is 1. The number of ether oxygens (including phenoxy) is 1. The van der Waals surface area contributed by atoms with E-state index in [1.54, 1.807) is 11.9 Å². The molecule has 4 N–H and O–H groups in total. The van der Waals surface area contributed by atoms with Crippen LogP contribution in [-0.2, 0) is 14.3 Å². The largest absolute Gasteiger partial charge is 0.378 e. The van der Waals surface area contributed by atoms with Gasteiger partial charge in [-0.05, 0) is 31.3 Å². The zero-order valence-corrected chi connectivity index (χ0v) is 14.9. The third-order valence-electron chi connectivity index (χ3n) is 3.92. The summed E-state index contributed by atoms with van der Waals surface area (Å²) >= 11 is 0. The van der Waals surface area contributed by atoms with Crippen molar-refractivity contribution in [2.45, 2.75) is 6.42 Å². The van der Waals surface area contributed by atoms with E-state index < -0.39 is 11.9 Å². The van der Waals surface area contributed by atoms with Crippen LogP contribution in [0.2, 0.25) is 0 Å². The predicted molar refractivity (Wildman–Crippen MR) is 97.9 cm³/mol. The molecule has 1 aromatic carbocycles. The number of carbonyl (C=O) groups excluding carboxylic acids is 3. The summed E-state index contributed by atoms with van der Waals surface area (Å²) in [5.74, 6) is -0.648. The molecule has 4 amide bonds. The maximum absolute atomic E-state index is 12.1. The van der Waals surface area contributed by atoms with Crippen LogP contribution in [0.1, 0.15) is 6.42 Å². The molecule has 0 atom stereocenters. The highest BCUT2D eigenvalue weighted by atomic mass is 16.5. The number of hydrogen-bond donors (Lipinski definition) is 3. The normalized spacial score (nSPS) is 14.2. The summed E-state index contributed by atoms with van der Waals surface area (Å²) in [6, 6.07) is 6.79. The first-order valence-corrected chi connectivity index (χ1v) is 8.44. The Labute approximate surface area is 152 Å². The summed E-state index contributed by atoms with van der Waals surface area (Å²) in [4.78, 5) is 37.9. The van der Waals surface area contributed by atoms with Crippen molar-refractivity contribution in [1.29, 1.82) is 0 Å². The number of urea groups is 1. The number of benzene rings is 1. The second-order valence-electron chi connectivity index (χ2n) is 6.09. The third-order valence-corrected chi connectivity index (χ3v) is 3.92. The van der Waals surface area contributed by atoms with Crippen LogP contribution in [0.3, 0.4) is 0 Å². The highest BCUT2D eigenvalue weighted by Crippen LogP contribution is 2.18. The van der Waals surface area contributed by atoms with Crippen molar-refractivity contribution in [3.63, 3.8) is 0 Å². The van der Waals surface area contributed by atoms with E-state index in [9.17, 15) is 14.4 Å². The lowest BCUT2D eigenvalue weighted by Gasteiger charge is -2.28. The van der Waals surface area contributed by atoms with Crippen LogP contribution in [0.4, 0.5) is 16.2 Å². The number of morpholine rings is 1. The van der Waals surface area contributed by atoms with E-state index in [1.165, 1.54) is 0 Å². The first-order valence-electron chi connectivity index (χ1n) is 8.44. The number of anilines is 2. The molecule has 142 valence electrons. The van der Waals surface area contributed by atoms with Crippen LogP contribution in [-0.4, -0.2) is 69.2 Å². The molecule has 1 saturated heterocycles. The molecule has 1 fully saturated rings. The fourth-order valence-electron chi connectivity index (χ4n) is 2.59. The fourth-order valence-corrected chi connectivity index (χ4v) is 2.59. The van der Waals surface area contributed by atoms with Gasteiger partial charge in [0.15, 0.2) is 0 Å². The smallest absolute Gasteiger partial charge is 0.318 e. The first-order chi connectivity index (χ1) is 12.4. The van der Waals surface area contributed by atoms with Crippen molar-refractivity contribution in [1.82, 2.24) is 10.2 Å². The highest BCUT2D eigenvalue weighted by molar-refractivity contribution is 5.94. The quantitative estimate of drug-likeness (QED) is 0.627. The molecule has 1 aliphatic heterocycles. The average molecular weight is 363 g/mol. The van der Waals surface area contributed by atoms with Gasteiger partial charge >= 0.3 is 6.03 Å². The van der Waals surface area contributed by atoms with Gasteiger partial charge in [-0.2, -0.15) is 0 Å². The molecule has 0 radical (unpaired) electrons. The highest BCUT2D eigenvalue weighted by Gasteiger charge is 2.12. The van der Waals surface area contributed by atoms with Crippen molar-refractivity contribution in [2.75, 3.05) is 56.7 Å². The van der Waals surface area contributed by atoms with Crippen LogP contribution in [0.5, 0.6) is 0 Å². The molecule has 9 nitrogen and oxygen atoms in total. The summed E-state index contributed by atoms with van der Waals surface area (Å²) in [7, 11) is 1.72. The molecular formula is C17H25N5O4. The van der Waals surface area contributed by atoms with E-state index in [0.717, 1.165) is 32.0 Å². The van der Waals surface area contributed by atoms with Crippen LogP contribution in [0.15, 0.2) is 24.3 Å². The van der Waals surface area contributed by atoms with Crippen LogP contribution in [0.25, 0.3) is 0 Å². The number of primary amides is 1. The molecule has 1 aliphatic rings. The lowest BCUT2D eigenvalue weighted by atomic mass is 10.2. The van der Waals surface area contributed by atoms with Crippen molar-refractivity contribution < 1.29 is 19.1 Å². The Morgan fingerprint density at radius 1 is 1.15 bits per heavy atom. The van der Waals surface area contributed by atoms with Crippen LogP contribution < -0.4 is 21.3 Å². The van der Waals surface area contributed by atoms with Gasteiger partial charge < -0.3 is 20.7 Å². The van der Waals surface area contributed by atoms with Crippen LogP contribution in [0, 0.1) is 0 Å². The van der Waals surface area contributed by atoms with Gasteiger partial charge in [-0.3, -0.25) is 19.8 Å². The minimum absolute atomic E-state index is 0.0843. The average Bonchev–Trinajstić information content (AvgIpc) is 2.61. The van der Waals surface area contributed by atoms with Gasteiger partial charge in [0.2, 0.25) is 11.8 Å². The van der Waals surface area contributed by atoms with Gasteiger partial charge in [-0.15, -0.1) is 0 Å². The molecule has 1 heterocycles. The number of carbonyl (C=O) groups is 3. The number of hydrogen-bond acceptors (Lipinski definition) is 6. The molecule has 0 unspecified atom stereocenters. The molecule has 0 spiro atoms. The zero-order chi connectivity index (χ0) is 18.9. The molecular weight excluding hydrogens is 338 g/mol. The predicted octanol–water partition coefficient (Wildman–Crippen LogP) is -0.0215. The van der Waals surface area contributed by atoms with Gasteiger partial charge in [-0.1, -0.05) is 0 Å². The van der Waals surface area contributed by atoms with E-state index in [0.29, 0.717) is 12.2 Å². The minimum Gasteiger partial charge on any atom is -0.378 e. The third kappa shape index (κ3) is 6.69. The maximum Gasteiger partial charge on any atom is 0.318 e. The Morgan fingerprint density at radius 2 is 1.81 bits per heavy atom. The lowest BCUT2D eigenvalue weighted by Crippen LogP contribution is -2.38. The van der Waals surface area contributed by atoms with E-state index in [1.807, 2.05) is 29.6 Å². The summed E-state index contributed by atoms with van der Waals surface area (Å²) < 4.78 is 5.34. The Hall–Kier alpha value is -2.65. The lowest BCUT2D eigenvalue weighted by molar-refractivity contribution is -0.121. The minimum atomic E-state index is -0.879. The standard InChI is InChI=1S/C17H25N5O4/c1-21(7-6-15(23)20-17(18)25)12-16(24)19-13-2-4-14(5-3-13)22-8-10-26-11-9-22/h2-5H,6-12H2,1H3,(H,19,24)(H3,18,20,23,25). The number of imide groups is 1. The summed E-state index contributed by atoms with van der Waals surface area (Å²) in [5, 5.41) is 4.81. The Balaban J connectivity index is 1.74. The second kappa shape index (κ2) is 9.73. The summed E-state index contributed by atoms with van der Waals surface area (Å²) in [6.07, 6.45) is 0.0843. The Kier molecular flexibility index (Phi) is 7.37. The molecule has 0 saturated carbocycles. The van der Waals surface area contributed by atoms with Gasteiger partial charge in [-0.25, -0.2) is 4.79 Å². The van der Waals surface area contributed by atoms with E-state index in [4.69, 9.17) is 10.5 Å². The number of rotatable bonds is 7. The summed E-state index contributed by atoms with van der Waals surface area (Å²) in [5.41, 5.74) is 6.68. The number of likely N-dealkylation sites (N-methyl/N-ethyl adjacent to an activating group) is 1. The van der Waals surface area contributed by atoms with Gasteiger partial charge in [0.05, 0.1) is 19.8 Å². The van der Waals surface area contributed by atoms with Crippen LogP contribution >= 0.6 is 0 Å². The van der Waals surface area contributed by atoms with Gasteiger partial charge in [0, 0.05) is 37.4 Å². The van der Waals surface area contributed by atoms with Crippen molar-refractivity contribution >= 4 is 29.2 Å². The Morgan fingerprint density at radius 3 is 2.42 bits per heavy atom. The second-order valence-corrected chi connectivity index (χ2v) is 6.09. The fraction of sp³-hybridized carbons (Fsp3) is 0.471. The molecule has 0 aromatic heterocycles. The first kappa shape index (κ1) is 19.7. The topological polar surface area (TPSA) is 117 Å². The molecule has 0 bridgehead atoms. The summed E-state index contributed by atoms with van der Waals surface area (Å²) in [6.45, 7) is 3.64. The van der Waals surface area contributed by atoms with Crippen molar-refractivity contribution in [3.8, 4) is 0 Å². The molecule has 2 rings (SSSR count). The maximum atomic E-state index is 12.1. The van der Waals surface area contributed by atoms with E-state index in [-0.39, 0.29) is 18.9 Å². The molecule has 0 aliphatic carbocycles. The van der Waals surface area contributed by atoms with Gasteiger partial charge in [0.25, 0.3) is 0 Å². The number of nitrogens with one attached hydrogen (secondary N) is 2. The van der Waals surface area contributed by atoms with E-state index >= 15 is 0 Å². The Bertz CT molecular complexity index is 629. The molecule has 26 heavy (non-hydrogen) atoms. The molecule has 9 heteroatoms. The van der Waals surface area contributed by atoms with Crippen molar-refractivity contribution in [2.24, 2.45) is 5.73 Å². The number of amides is 4. The van der Waals surface area contributed by atoms with E-state index in [2.05, 4.69) is 10.2 Å². The zero-order valence-electron chi connectivity index (χ0n) is 14.9. The number of nitrogens with zero attached hydrogens (tertiary/aromatic N) is 2.